The van der Waals surface area contributed by atoms with Crippen LogP contribution < -0.4 is 0 Å². The molecule has 9 heteroatoms. The Bertz CT molecular complexity index is 1030. The molecule has 1 rings (SSSR count). The summed E-state index contributed by atoms with van der Waals surface area (Å²) in [5, 5.41) is 0. The topological polar surface area (TPSA) is 130 Å². The molecule has 0 saturated carbocycles. The molecule has 9 nitrogen and oxygen atoms in total. The molecule has 0 fully saturated rings. The van der Waals surface area contributed by atoms with Crippen molar-refractivity contribution in [3.05, 3.63) is 34.9 Å². The van der Waals surface area contributed by atoms with Crippen molar-refractivity contribution in [3.63, 3.8) is 0 Å². The maximum Gasteiger partial charge on any atom is 0.346 e. The number of hydrogen-bond acceptors (Lipinski definition) is 9. The monoisotopic (exact) mass is 588 g/mol. The second-order valence-electron chi connectivity index (χ2n) is 10.5. The van der Waals surface area contributed by atoms with E-state index in [9.17, 15) is 28.8 Å². The molecule has 0 aliphatic carbocycles. The highest BCUT2D eigenvalue weighted by Crippen LogP contribution is 2.18. The summed E-state index contributed by atoms with van der Waals surface area (Å²) < 4.78 is 14.8. The van der Waals surface area contributed by atoms with Crippen LogP contribution in [-0.4, -0.2) is 35.8 Å². The van der Waals surface area contributed by atoms with E-state index >= 15 is 0 Å². The molecule has 0 saturated heterocycles. The second-order valence-corrected chi connectivity index (χ2v) is 10.5. The van der Waals surface area contributed by atoms with Crippen molar-refractivity contribution >= 4 is 35.8 Å². The van der Waals surface area contributed by atoms with Gasteiger partial charge in [-0.05, 0) is 37.5 Å². The van der Waals surface area contributed by atoms with Crippen LogP contribution in [0.3, 0.4) is 0 Å². The SMILES string of the molecule is CCCCCCCC(=O)OC(=O)c1ccc(C(=O)OC(=O)CCCCCCC)c(C(=O)OC(=O)CCCCCCC)c1. The zero-order chi connectivity index (χ0) is 31.2. The van der Waals surface area contributed by atoms with Crippen LogP contribution in [0.25, 0.3) is 0 Å². The molecule has 0 heterocycles. The van der Waals surface area contributed by atoms with Crippen LogP contribution in [0.15, 0.2) is 18.2 Å². The Morgan fingerprint density at radius 2 is 0.810 bits per heavy atom. The summed E-state index contributed by atoms with van der Waals surface area (Å²) in [5.74, 6) is -5.49. The van der Waals surface area contributed by atoms with Gasteiger partial charge in [0.15, 0.2) is 0 Å². The van der Waals surface area contributed by atoms with Gasteiger partial charge in [0.2, 0.25) is 0 Å². The minimum Gasteiger partial charge on any atom is -0.389 e. The van der Waals surface area contributed by atoms with Gasteiger partial charge in [-0.3, -0.25) is 14.4 Å². The number of carbonyl (C=O) groups is 6. The van der Waals surface area contributed by atoms with Gasteiger partial charge in [-0.2, -0.15) is 0 Å². The van der Waals surface area contributed by atoms with E-state index in [-0.39, 0.29) is 30.4 Å². The summed E-state index contributed by atoms with van der Waals surface area (Å²) in [7, 11) is 0. The molecule has 0 aliphatic rings. The molecule has 0 N–H and O–H groups in total. The van der Waals surface area contributed by atoms with E-state index < -0.39 is 41.4 Å². The molecule has 0 bridgehead atoms. The lowest BCUT2D eigenvalue weighted by atomic mass is 10.0. The molecular weight excluding hydrogens is 540 g/mol. The molecule has 0 unspecified atom stereocenters. The highest BCUT2D eigenvalue weighted by molar-refractivity contribution is 6.09. The lowest BCUT2D eigenvalue weighted by Gasteiger charge is -2.11. The van der Waals surface area contributed by atoms with Gasteiger partial charge < -0.3 is 14.2 Å². The van der Waals surface area contributed by atoms with Crippen molar-refractivity contribution < 1.29 is 43.0 Å². The molecule has 234 valence electrons. The largest absolute Gasteiger partial charge is 0.389 e. The van der Waals surface area contributed by atoms with Gasteiger partial charge >= 0.3 is 35.8 Å². The van der Waals surface area contributed by atoms with E-state index in [0.717, 1.165) is 89.2 Å². The summed E-state index contributed by atoms with van der Waals surface area (Å²) in [4.78, 5) is 75.1. The Kier molecular flexibility index (Phi) is 19.4. The predicted octanol–water partition coefficient (Wildman–Crippen LogP) is 7.82. The smallest absolute Gasteiger partial charge is 0.346 e. The maximum absolute atomic E-state index is 12.9. The van der Waals surface area contributed by atoms with E-state index in [1.165, 1.54) is 6.07 Å². The number of hydrogen-bond donors (Lipinski definition) is 0. The average Bonchev–Trinajstić information content (AvgIpc) is 2.96. The van der Waals surface area contributed by atoms with E-state index in [4.69, 9.17) is 14.2 Å². The summed E-state index contributed by atoms with van der Waals surface area (Å²) in [6.07, 6.45) is 13.5. The molecule has 0 aliphatic heterocycles. The third kappa shape index (κ3) is 15.6. The van der Waals surface area contributed by atoms with Crippen LogP contribution >= 0.6 is 0 Å². The van der Waals surface area contributed by atoms with Gasteiger partial charge in [-0.25, -0.2) is 14.4 Å². The maximum atomic E-state index is 12.9. The molecule has 0 spiro atoms. The number of carbonyl (C=O) groups excluding carboxylic acids is 6. The third-order valence-corrected chi connectivity index (χ3v) is 6.77. The number of ether oxygens (including phenoxy) is 3. The molecule has 0 radical (unpaired) electrons. The Morgan fingerprint density at radius 1 is 0.452 bits per heavy atom. The second kappa shape index (κ2) is 22.3. The number of unbranched alkanes of at least 4 members (excludes halogenated alkanes) is 12. The first kappa shape index (κ1) is 36.7. The fourth-order valence-corrected chi connectivity index (χ4v) is 4.27. The fraction of sp³-hybridized carbons (Fsp3) is 0.636. The minimum absolute atomic E-state index is 0.0141. The van der Waals surface area contributed by atoms with Crippen molar-refractivity contribution in [1.29, 1.82) is 0 Å². The van der Waals surface area contributed by atoms with E-state index in [2.05, 4.69) is 20.8 Å². The lowest BCUT2D eigenvalue weighted by Crippen LogP contribution is -2.20. The third-order valence-electron chi connectivity index (χ3n) is 6.77. The Hall–Kier alpha value is -3.36. The number of rotatable bonds is 21. The summed E-state index contributed by atoms with van der Waals surface area (Å²) in [6, 6.07) is 3.32. The average molecular weight is 589 g/mol. The van der Waals surface area contributed by atoms with Crippen LogP contribution in [0, 0.1) is 0 Å². The van der Waals surface area contributed by atoms with Crippen molar-refractivity contribution in [2.45, 2.75) is 136 Å². The van der Waals surface area contributed by atoms with E-state index in [1.54, 1.807) is 0 Å². The highest BCUT2D eigenvalue weighted by Gasteiger charge is 2.26. The molecule has 42 heavy (non-hydrogen) atoms. The van der Waals surface area contributed by atoms with Crippen molar-refractivity contribution in [2.24, 2.45) is 0 Å². The van der Waals surface area contributed by atoms with Gasteiger partial charge in [-0.1, -0.05) is 97.8 Å². The zero-order valence-corrected chi connectivity index (χ0v) is 25.6. The minimum atomic E-state index is -1.16. The van der Waals surface area contributed by atoms with Crippen LogP contribution in [0.4, 0.5) is 0 Å². The lowest BCUT2D eigenvalue weighted by molar-refractivity contribution is -0.139. The molecule has 0 amide bonds. The van der Waals surface area contributed by atoms with Gasteiger partial charge in [0.25, 0.3) is 0 Å². The molecule has 1 aromatic carbocycles. The summed E-state index contributed by atoms with van der Waals surface area (Å²) in [5.41, 5.74) is -0.961. The van der Waals surface area contributed by atoms with Crippen LogP contribution in [0.5, 0.6) is 0 Å². The van der Waals surface area contributed by atoms with E-state index in [0.29, 0.717) is 19.3 Å². The molecule has 1 aromatic rings. The van der Waals surface area contributed by atoms with Crippen molar-refractivity contribution in [1.82, 2.24) is 0 Å². The first-order valence-electron chi connectivity index (χ1n) is 15.6. The molecule has 0 aromatic heterocycles. The predicted molar refractivity (Wildman–Crippen MR) is 158 cm³/mol. The quantitative estimate of drug-likeness (QED) is 0.0610. The summed E-state index contributed by atoms with van der Waals surface area (Å²) >= 11 is 0. The molecule has 0 atom stereocenters. The first-order valence-corrected chi connectivity index (χ1v) is 15.6. The van der Waals surface area contributed by atoms with Crippen molar-refractivity contribution in [3.8, 4) is 0 Å². The first-order chi connectivity index (χ1) is 20.2. The van der Waals surface area contributed by atoms with Crippen LogP contribution in [-0.2, 0) is 28.6 Å². The van der Waals surface area contributed by atoms with E-state index in [1.807, 2.05) is 0 Å². The van der Waals surface area contributed by atoms with Gasteiger partial charge in [0, 0.05) is 19.3 Å². The van der Waals surface area contributed by atoms with Gasteiger partial charge in [0.1, 0.15) is 0 Å². The summed E-state index contributed by atoms with van der Waals surface area (Å²) in [6.45, 7) is 6.24. The van der Waals surface area contributed by atoms with Crippen molar-refractivity contribution in [2.75, 3.05) is 0 Å². The molecular formula is C33H48O9. The number of benzene rings is 1. The van der Waals surface area contributed by atoms with Gasteiger partial charge in [-0.15, -0.1) is 0 Å². The van der Waals surface area contributed by atoms with Crippen LogP contribution in [0.2, 0.25) is 0 Å². The fourth-order valence-electron chi connectivity index (χ4n) is 4.27. The number of esters is 6. The Balaban J connectivity index is 2.97. The van der Waals surface area contributed by atoms with Gasteiger partial charge in [0.05, 0.1) is 16.7 Å². The normalized spacial score (nSPS) is 10.6. The Labute approximate surface area is 250 Å². The Morgan fingerprint density at radius 3 is 1.21 bits per heavy atom. The standard InChI is InChI=1S/C33H48O9/c1-4-7-10-13-16-19-28(34)40-31(37)25-22-23-26(32(38)41-29(35)20-17-14-11-8-5-2)27(24-25)33(39)42-30(36)21-18-15-12-9-6-3/h22-24H,4-21H2,1-3H3. The highest BCUT2D eigenvalue weighted by atomic mass is 16.6. The zero-order valence-electron chi connectivity index (χ0n) is 25.6. The van der Waals surface area contributed by atoms with Crippen LogP contribution in [0.1, 0.15) is 167 Å².